The third kappa shape index (κ3) is 2.55. The van der Waals surface area contributed by atoms with Crippen molar-refractivity contribution in [2.75, 3.05) is 13.2 Å². The topological polar surface area (TPSA) is 50.7 Å². The predicted molar refractivity (Wildman–Crippen MR) is 76.5 cm³/mol. The second-order valence-corrected chi connectivity index (χ2v) is 5.68. The smallest absolute Gasteiger partial charge is 0.195 e. The molecule has 0 unspecified atom stereocenters. The lowest BCUT2D eigenvalue weighted by molar-refractivity contribution is -0.182. The van der Waals surface area contributed by atoms with Gasteiger partial charge in [-0.05, 0) is 43.7 Å². The summed E-state index contributed by atoms with van der Waals surface area (Å²) in [5.41, 5.74) is 0.983. The summed E-state index contributed by atoms with van der Waals surface area (Å²) in [5, 5.41) is 13.0. The van der Waals surface area contributed by atoms with Gasteiger partial charge in [0.25, 0.3) is 0 Å². The van der Waals surface area contributed by atoms with Crippen molar-refractivity contribution in [1.29, 1.82) is 0 Å². The van der Waals surface area contributed by atoms with Crippen molar-refractivity contribution in [2.24, 2.45) is 0 Å². The zero-order valence-electron chi connectivity index (χ0n) is 12.0. The molecule has 0 aliphatic carbocycles. The summed E-state index contributed by atoms with van der Waals surface area (Å²) in [7, 11) is 0. The van der Waals surface area contributed by atoms with Crippen molar-refractivity contribution >= 4 is 0 Å². The van der Waals surface area contributed by atoms with Crippen LogP contribution in [0.1, 0.15) is 38.2 Å². The van der Waals surface area contributed by atoms with Crippen LogP contribution >= 0.6 is 0 Å². The van der Waals surface area contributed by atoms with Crippen LogP contribution < -0.4 is 5.32 Å². The third-order valence-electron chi connectivity index (χ3n) is 4.39. The summed E-state index contributed by atoms with van der Waals surface area (Å²) in [5.74, 6) is -0.388. The first kappa shape index (κ1) is 13.9. The van der Waals surface area contributed by atoms with E-state index in [2.05, 4.69) is 12.2 Å². The number of phenolic OH excluding ortho intramolecular Hbond substituents is 1. The van der Waals surface area contributed by atoms with E-state index < -0.39 is 5.79 Å². The highest BCUT2D eigenvalue weighted by atomic mass is 16.7. The zero-order chi connectivity index (χ0) is 14.0. The van der Waals surface area contributed by atoms with Crippen molar-refractivity contribution in [3.8, 4) is 5.75 Å². The Morgan fingerprint density at radius 3 is 2.75 bits per heavy atom. The van der Waals surface area contributed by atoms with Gasteiger partial charge in [0.05, 0.1) is 6.61 Å². The van der Waals surface area contributed by atoms with Gasteiger partial charge in [-0.2, -0.15) is 0 Å². The highest BCUT2D eigenvalue weighted by Crippen LogP contribution is 2.39. The van der Waals surface area contributed by atoms with Crippen molar-refractivity contribution < 1.29 is 14.6 Å². The summed E-state index contributed by atoms with van der Waals surface area (Å²) in [6.07, 6.45) is 4.55. The Kier molecular flexibility index (Phi) is 3.96. The number of nitrogens with one attached hydrogen (secondary N) is 1. The minimum atomic E-state index is -0.655. The second kappa shape index (κ2) is 5.72. The zero-order valence-corrected chi connectivity index (χ0v) is 12.0. The molecule has 2 aliphatic heterocycles. The van der Waals surface area contributed by atoms with Crippen LogP contribution in [0.2, 0.25) is 0 Å². The lowest BCUT2D eigenvalue weighted by Crippen LogP contribution is -2.45. The fourth-order valence-electron chi connectivity index (χ4n) is 3.18. The number of hydrogen-bond donors (Lipinski definition) is 2. The lowest BCUT2D eigenvalue weighted by atomic mass is 10.00. The van der Waals surface area contributed by atoms with Gasteiger partial charge < -0.3 is 19.9 Å². The van der Waals surface area contributed by atoms with Gasteiger partial charge in [0.15, 0.2) is 5.79 Å². The Labute approximate surface area is 120 Å². The molecule has 0 saturated carbocycles. The normalized spacial score (nSPS) is 34.2. The molecular weight excluding hydrogens is 254 g/mol. The molecule has 4 heteroatoms. The van der Waals surface area contributed by atoms with E-state index in [1.807, 2.05) is 12.1 Å². The number of aromatic hydroxyl groups is 1. The second-order valence-electron chi connectivity index (χ2n) is 5.68. The van der Waals surface area contributed by atoms with E-state index in [4.69, 9.17) is 9.47 Å². The number of ether oxygens (including phenoxy) is 2. The minimum absolute atomic E-state index is 0.115. The molecule has 3 atom stereocenters. The molecule has 2 fully saturated rings. The minimum Gasteiger partial charge on any atom is -0.508 e. The number of piperidine rings is 1. The van der Waals surface area contributed by atoms with Gasteiger partial charge in [-0.15, -0.1) is 0 Å². The molecule has 0 spiro atoms. The first-order valence-corrected chi connectivity index (χ1v) is 7.58. The first-order valence-electron chi connectivity index (χ1n) is 7.58. The summed E-state index contributed by atoms with van der Waals surface area (Å²) in [6.45, 7) is 3.78. The van der Waals surface area contributed by atoms with Crippen LogP contribution in [0.15, 0.2) is 24.3 Å². The quantitative estimate of drug-likeness (QED) is 0.891. The van der Waals surface area contributed by atoms with Crippen LogP contribution in [0.3, 0.4) is 0 Å². The Morgan fingerprint density at radius 1 is 1.30 bits per heavy atom. The molecule has 0 radical (unpaired) electrons. The molecule has 2 aliphatic rings. The number of benzene rings is 1. The Bertz CT molecular complexity index is 442. The predicted octanol–water partition coefficient (Wildman–Crippen LogP) is 2.51. The van der Waals surface area contributed by atoms with E-state index in [1.54, 1.807) is 12.1 Å². The van der Waals surface area contributed by atoms with E-state index in [-0.39, 0.29) is 11.9 Å². The molecule has 3 rings (SSSR count). The number of rotatable bonds is 3. The molecule has 1 aromatic rings. The molecule has 2 N–H and O–H groups in total. The molecule has 0 amide bonds. The fraction of sp³-hybridized carbons (Fsp3) is 0.625. The van der Waals surface area contributed by atoms with Crippen LogP contribution in [-0.2, 0) is 15.3 Å². The SMILES string of the molecule is CC[C@]1(c2ccc(O)cc2)OC[C@H]([C@@H]2CCCCN2)O1. The van der Waals surface area contributed by atoms with Gasteiger partial charge in [0.1, 0.15) is 11.9 Å². The van der Waals surface area contributed by atoms with E-state index in [0.29, 0.717) is 12.6 Å². The molecular formula is C16H23NO3. The van der Waals surface area contributed by atoms with Gasteiger partial charge in [-0.1, -0.05) is 13.3 Å². The van der Waals surface area contributed by atoms with Crippen molar-refractivity contribution in [2.45, 2.75) is 50.5 Å². The van der Waals surface area contributed by atoms with Crippen molar-refractivity contribution in [1.82, 2.24) is 5.32 Å². The molecule has 0 aromatic heterocycles. The number of hydrogen-bond acceptors (Lipinski definition) is 4. The Morgan fingerprint density at radius 2 is 2.10 bits per heavy atom. The van der Waals surface area contributed by atoms with E-state index >= 15 is 0 Å². The first-order chi connectivity index (χ1) is 9.73. The molecule has 1 aromatic carbocycles. The third-order valence-corrected chi connectivity index (χ3v) is 4.39. The summed E-state index contributed by atoms with van der Waals surface area (Å²) in [4.78, 5) is 0. The summed E-state index contributed by atoms with van der Waals surface area (Å²) >= 11 is 0. The van der Waals surface area contributed by atoms with Crippen LogP contribution in [0.25, 0.3) is 0 Å². The monoisotopic (exact) mass is 277 g/mol. The van der Waals surface area contributed by atoms with Crippen LogP contribution in [-0.4, -0.2) is 30.4 Å². The highest BCUT2D eigenvalue weighted by Gasteiger charge is 2.44. The average Bonchev–Trinajstić information content (AvgIpc) is 2.95. The molecule has 0 bridgehead atoms. The van der Waals surface area contributed by atoms with E-state index in [0.717, 1.165) is 24.9 Å². The lowest BCUT2D eigenvalue weighted by Gasteiger charge is -2.31. The molecule has 4 nitrogen and oxygen atoms in total. The molecule has 110 valence electrons. The Balaban J connectivity index is 1.75. The number of phenols is 1. The standard InChI is InChI=1S/C16H23NO3/c1-2-16(12-6-8-13(18)9-7-12)19-11-15(20-16)14-5-3-4-10-17-14/h6-9,14-15,17-18H,2-5,10-11H2,1H3/t14-,15+,16-/m0/s1. The van der Waals surface area contributed by atoms with Crippen LogP contribution in [0, 0.1) is 0 Å². The molecule has 2 heterocycles. The fourth-order valence-corrected chi connectivity index (χ4v) is 3.18. The van der Waals surface area contributed by atoms with E-state index in [1.165, 1.54) is 12.8 Å². The maximum Gasteiger partial charge on any atom is 0.195 e. The van der Waals surface area contributed by atoms with E-state index in [9.17, 15) is 5.11 Å². The maximum absolute atomic E-state index is 9.42. The molecule has 20 heavy (non-hydrogen) atoms. The Hall–Kier alpha value is -1.10. The van der Waals surface area contributed by atoms with Gasteiger partial charge in [0.2, 0.25) is 0 Å². The largest absolute Gasteiger partial charge is 0.508 e. The molecule has 2 saturated heterocycles. The van der Waals surface area contributed by atoms with Crippen LogP contribution in [0.5, 0.6) is 5.75 Å². The van der Waals surface area contributed by atoms with Crippen molar-refractivity contribution in [3.63, 3.8) is 0 Å². The van der Waals surface area contributed by atoms with Gasteiger partial charge in [-0.25, -0.2) is 0 Å². The summed E-state index contributed by atoms with van der Waals surface area (Å²) < 4.78 is 12.3. The van der Waals surface area contributed by atoms with Gasteiger partial charge >= 0.3 is 0 Å². The maximum atomic E-state index is 9.42. The van der Waals surface area contributed by atoms with Crippen molar-refractivity contribution in [3.05, 3.63) is 29.8 Å². The highest BCUT2D eigenvalue weighted by molar-refractivity contribution is 5.29. The average molecular weight is 277 g/mol. The van der Waals surface area contributed by atoms with Gasteiger partial charge in [-0.3, -0.25) is 0 Å². The summed E-state index contributed by atoms with van der Waals surface area (Å²) in [6, 6.07) is 7.54. The van der Waals surface area contributed by atoms with Gasteiger partial charge in [0, 0.05) is 18.0 Å². The van der Waals surface area contributed by atoms with Crippen LogP contribution in [0.4, 0.5) is 0 Å².